The maximum atomic E-state index is 11.1. The highest BCUT2D eigenvalue weighted by Gasteiger charge is 2.28. The lowest BCUT2D eigenvalue weighted by atomic mass is 9.95. The molecule has 1 fully saturated rings. The molecule has 0 bridgehead atoms. The number of piperidine rings is 1. The molecule has 1 aromatic rings. The molecule has 1 aliphatic rings. The summed E-state index contributed by atoms with van der Waals surface area (Å²) in [6.07, 6.45) is 1.67. The SMILES string of the molecule is COc1cc(N2CCC(C(OC)OC)CC2)c(Br)cc1[N+](=O)[O-]. The Labute approximate surface area is 143 Å². The number of benzene rings is 1. The summed E-state index contributed by atoms with van der Waals surface area (Å²) >= 11 is 3.43. The molecule has 2 rings (SSSR count). The predicted molar refractivity (Wildman–Crippen MR) is 90.1 cm³/mol. The number of ether oxygens (including phenoxy) is 3. The summed E-state index contributed by atoms with van der Waals surface area (Å²) in [5.74, 6) is 0.613. The van der Waals surface area contributed by atoms with Gasteiger partial charge in [0, 0.05) is 49.8 Å². The summed E-state index contributed by atoms with van der Waals surface area (Å²) in [5, 5.41) is 11.1. The number of methoxy groups -OCH3 is 3. The van der Waals surface area contributed by atoms with E-state index in [9.17, 15) is 10.1 Å². The van der Waals surface area contributed by atoms with Crippen LogP contribution in [0.15, 0.2) is 16.6 Å². The van der Waals surface area contributed by atoms with Crippen molar-refractivity contribution in [1.29, 1.82) is 0 Å². The van der Waals surface area contributed by atoms with Crippen LogP contribution in [0.1, 0.15) is 12.8 Å². The van der Waals surface area contributed by atoms with Gasteiger partial charge in [-0.15, -0.1) is 0 Å². The Bertz CT molecular complexity index is 557. The van der Waals surface area contributed by atoms with Gasteiger partial charge in [0.2, 0.25) is 0 Å². The summed E-state index contributed by atoms with van der Waals surface area (Å²) < 4.78 is 16.5. The van der Waals surface area contributed by atoms with Gasteiger partial charge in [-0.2, -0.15) is 0 Å². The summed E-state index contributed by atoms with van der Waals surface area (Å²) in [7, 11) is 4.74. The molecule has 0 radical (unpaired) electrons. The molecule has 0 N–H and O–H groups in total. The molecule has 0 unspecified atom stereocenters. The van der Waals surface area contributed by atoms with Crippen LogP contribution in [0.2, 0.25) is 0 Å². The minimum atomic E-state index is -0.443. The van der Waals surface area contributed by atoms with E-state index in [-0.39, 0.29) is 17.7 Å². The first-order valence-corrected chi connectivity index (χ1v) is 8.13. The monoisotopic (exact) mass is 388 g/mol. The number of nitro benzene ring substituents is 1. The number of hydrogen-bond donors (Lipinski definition) is 0. The molecular weight excluding hydrogens is 368 g/mol. The molecule has 1 saturated heterocycles. The maximum absolute atomic E-state index is 11.1. The third kappa shape index (κ3) is 3.94. The van der Waals surface area contributed by atoms with E-state index in [0.717, 1.165) is 31.6 Å². The molecule has 1 aliphatic heterocycles. The van der Waals surface area contributed by atoms with Gasteiger partial charge in [-0.1, -0.05) is 0 Å². The first-order chi connectivity index (χ1) is 11.0. The third-order valence-corrected chi connectivity index (χ3v) is 4.81. The molecule has 1 aromatic carbocycles. The zero-order chi connectivity index (χ0) is 17.0. The van der Waals surface area contributed by atoms with Crippen molar-refractivity contribution in [3.05, 3.63) is 26.7 Å². The molecule has 0 saturated carbocycles. The average molecular weight is 389 g/mol. The Hall–Kier alpha value is -1.38. The van der Waals surface area contributed by atoms with Crippen LogP contribution in [0, 0.1) is 16.0 Å². The van der Waals surface area contributed by atoms with Crippen molar-refractivity contribution in [3.63, 3.8) is 0 Å². The largest absolute Gasteiger partial charge is 0.490 e. The zero-order valence-corrected chi connectivity index (χ0v) is 15.0. The second-order valence-electron chi connectivity index (χ2n) is 5.40. The van der Waals surface area contributed by atoms with Gasteiger partial charge in [-0.25, -0.2) is 0 Å². The zero-order valence-electron chi connectivity index (χ0n) is 13.5. The minimum absolute atomic E-state index is 0.0446. The van der Waals surface area contributed by atoms with Gasteiger partial charge in [0.15, 0.2) is 12.0 Å². The Morgan fingerprint density at radius 3 is 2.35 bits per heavy atom. The highest BCUT2D eigenvalue weighted by Crippen LogP contribution is 2.39. The number of anilines is 1. The average Bonchev–Trinajstić information content (AvgIpc) is 2.56. The third-order valence-electron chi connectivity index (χ3n) is 4.17. The summed E-state index contributed by atoms with van der Waals surface area (Å²) in [6, 6.07) is 3.21. The minimum Gasteiger partial charge on any atom is -0.490 e. The van der Waals surface area contributed by atoms with E-state index in [1.807, 2.05) is 0 Å². The maximum Gasteiger partial charge on any atom is 0.312 e. The second kappa shape index (κ2) is 7.94. The quantitative estimate of drug-likeness (QED) is 0.423. The number of nitro groups is 1. The molecule has 0 aromatic heterocycles. The van der Waals surface area contributed by atoms with Gasteiger partial charge in [-0.3, -0.25) is 10.1 Å². The van der Waals surface area contributed by atoms with Crippen LogP contribution in [0.25, 0.3) is 0 Å². The Morgan fingerprint density at radius 2 is 1.87 bits per heavy atom. The number of rotatable bonds is 6. The van der Waals surface area contributed by atoms with Crippen LogP contribution in [0.3, 0.4) is 0 Å². The van der Waals surface area contributed by atoms with E-state index in [2.05, 4.69) is 20.8 Å². The molecular formula is C15H21BrN2O5. The fourth-order valence-electron chi connectivity index (χ4n) is 2.97. The first-order valence-electron chi connectivity index (χ1n) is 7.34. The normalized spacial score (nSPS) is 16.0. The lowest BCUT2D eigenvalue weighted by Gasteiger charge is -2.36. The molecule has 0 aliphatic carbocycles. The molecule has 0 amide bonds. The van der Waals surface area contributed by atoms with Gasteiger partial charge < -0.3 is 19.1 Å². The second-order valence-corrected chi connectivity index (χ2v) is 6.25. The van der Waals surface area contributed by atoms with Crippen LogP contribution in [-0.2, 0) is 9.47 Å². The van der Waals surface area contributed by atoms with Gasteiger partial charge in [0.05, 0.1) is 17.7 Å². The van der Waals surface area contributed by atoms with Crippen LogP contribution in [0.4, 0.5) is 11.4 Å². The fraction of sp³-hybridized carbons (Fsp3) is 0.600. The Morgan fingerprint density at radius 1 is 1.26 bits per heavy atom. The molecule has 0 spiro atoms. The fourth-order valence-corrected chi connectivity index (χ4v) is 3.56. The lowest BCUT2D eigenvalue weighted by Crippen LogP contribution is -2.39. The molecule has 7 nitrogen and oxygen atoms in total. The van der Waals surface area contributed by atoms with Gasteiger partial charge in [0.25, 0.3) is 0 Å². The summed E-state index contributed by atoms with van der Waals surface area (Å²) in [4.78, 5) is 12.8. The first kappa shape index (κ1) is 18.0. The van der Waals surface area contributed by atoms with Gasteiger partial charge in [0.1, 0.15) is 0 Å². The van der Waals surface area contributed by atoms with E-state index in [1.54, 1.807) is 20.3 Å². The van der Waals surface area contributed by atoms with Crippen LogP contribution in [-0.4, -0.2) is 45.6 Å². The van der Waals surface area contributed by atoms with Crippen LogP contribution in [0.5, 0.6) is 5.75 Å². The summed E-state index contributed by atoms with van der Waals surface area (Å²) in [5.41, 5.74) is 0.856. The highest BCUT2D eigenvalue weighted by molar-refractivity contribution is 9.10. The Balaban J connectivity index is 2.16. The van der Waals surface area contributed by atoms with E-state index >= 15 is 0 Å². The standard InChI is InChI=1S/C15H21BrN2O5/c1-21-14-9-12(11(16)8-13(14)18(19)20)17-6-4-10(5-7-17)15(22-2)23-3/h8-10,15H,4-7H2,1-3H3. The van der Waals surface area contributed by atoms with Crippen molar-refractivity contribution in [1.82, 2.24) is 0 Å². The van der Waals surface area contributed by atoms with Crippen molar-refractivity contribution in [2.75, 3.05) is 39.3 Å². The lowest BCUT2D eigenvalue weighted by molar-refractivity contribution is -0.385. The number of hydrogen-bond acceptors (Lipinski definition) is 6. The van der Waals surface area contributed by atoms with Crippen molar-refractivity contribution in [3.8, 4) is 5.75 Å². The number of halogens is 1. The van der Waals surface area contributed by atoms with Gasteiger partial charge >= 0.3 is 5.69 Å². The van der Waals surface area contributed by atoms with Crippen LogP contribution < -0.4 is 9.64 Å². The molecule has 0 atom stereocenters. The molecule has 1 heterocycles. The highest BCUT2D eigenvalue weighted by atomic mass is 79.9. The van der Waals surface area contributed by atoms with Crippen molar-refractivity contribution < 1.29 is 19.1 Å². The van der Waals surface area contributed by atoms with E-state index in [0.29, 0.717) is 10.4 Å². The van der Waals surface area contributed by atoms with Crippen molar-refractivity contribution >= 4 is 27.3 Å². The topological polar surface area (TPSA) is 74.1 Å². The number of nitrogens with zero attached hydrogens (tertiary/aromatic N) is 2. The molecule has 23 heavy (non-hydrogen) atoms. The van der Waals surface area contributed by atoms with E-state index < -0.39 is 4.92 Å². The van der Waals surface area contributed by atoms with Crippen molar-refractivity contribution in [2.45, 2.75) is 19.1 Å². The molecule has 8 heteroatoms. The van der Waals surface area contributed by atoms with Crippen LogP contribution >= 0.6 is 15.9 Å². The summed E-state index contributed by atoms with van der Waals surface area (Å²) in [6.45, 7) is 1.65. The Kier molecular flexibility index (Phi) is 6.20. The predicted octanol–water partition coefficient (Wildman–Crippen LogP) is 3.20. The molecule has 128 valence electrons. The van der Waals surface area contributed by atoms with E-state index in [1.165, 1.54) is 13.2 Å². The van der Waals surface area contributed by atoms with Gasteiger partial charge in [-0.05, 0) is 28.8 Å². The van der Waals surface area contributed by atoms with Crippen molar-refractivity contribution in [2.24, 2.45) is 5.92 Å². The van der Waals surface area contributed by atoms with E-state index in [4.69, 9.17) is 14.2 Å². The smallest absolute Gasteiger partial charge is 0.312 e.